The molecule has 0 amide bonds. The van der Waals surface area contributed by atoms with Crippen LogP contribution in [0.25, 0.3) is 0 Å². The highest BCUT2D eigenvalue weighted by Gasteiger charge is 1.98. The number of nitriles is 1. The Hall–Kier alpha value is -0.730. The first-order valence-corrected chi connectivity index (χ1v) is 6.46. The molecule has 0 aromatic carbocycles. The molecule has 0 spiro atoms. The van der Waals surface area contributed by atoms with E-state index in [0.717, 1.165) is 32.6 Å². The third-order valence-corrected chi connectivity index (χ3v) is 2.76. The van der Waals surface area contributed by atoms with Crippen molar-refractivity contribution in [1.82, 2.24) is 10.2 Å². The van der Waals surface area contributed by atoms with Gasteiger partial charge in [0.1, 0.15) is 0 Å². The van der Waals surface area contributed by atoms with E-state index in [-0.39, 0.29) is 0 Å². The summed E-state index contributed by atoms with van der Waals surface area (Å²) in [4.78, 5) is 6.66. The molecule has 0 aromatic heterocycles. The Bertz CT molecular complexity index is 218. The van der Waals surface area contributed by atoms with Crippen molar-refractivity contribution in [2.24, 2.45) is 4.99 Å². The molecule has 5 heteroatoms. The van der Waals surface area contributed by atoms with Gasteiger partial charge in [0.25, 0.3) is 0 Å². The summed E-state index contributed by atoms with van der Waals surface area (Å²) < 4.78 is 0. The van der Waals surface area contributed by atoms with Gasteiger partial charge in [-0.2, -0.15) is 5.26 Å². The fraction of sp³-hybridized carbons (Fsp3) is 0.800. The summed E-state index contributed by atoms with van der Waals surface area (Å²) in [6.07, 6.45) is 4.83. The molecule has 86 valence electrons. The highest BCUT2D eigenvalue weighted by Crippen LogP contribution is 1.96. The Balaban J connectivity index is 3.71. The molecule has 0 heterocycles. The van der Waals surface area contributed by atoms with Crippen LogP contribution in [0.1, 0.15) is 20.3 Å². The van der Waals surface area contributed by atoms with E-state index in [9.17, 15) is 0 Å². The molecule has 0 unspecified atom stereocenters. The normalized spacial score (nSPS) is 11.5. The summed E-state index contributed by atoms with van der Waals surface area (Å²) in [5.41, 5.74) is 0. The van der Waals surface area contributed by atoms with E-state index < -0.39 is 0 Å². The predicted octanol–water partition coefficient (Wildman–Crippen LogP) is 1.51. The lowest BCUT2D eigenvalue weighted by Gasteiger charge is -2.16. The fourth-order valence-corrected chi connectivity index (χ4v) is 1.59. The van der Waals surface area contributed by atoms with E-state index in [1.807, 2.05) is 12.4 Å². The third kappa shape index (κ3) is 7.23. The molecule has 0 aromatic rings. The highest BCUT2D eigenvalue weighted by atomic mass is 32.2. The van der Waals surface area contributed by atoms with Gasteiger partial charge >= 0.3 is 0 Å². The lowest BCUT2D eigenvalue weighted by molar-refractivity contribution is 0.302. The van der Waals surface area contributed by atoms with E-state index in [1.165, 1.54) is 11.8 Å². The maximum Gasteiger partial charge on any atom is 0.183 e. The maximum absolute atomic E-state index is 8.43. The lowest BCUT2D eigenvalue weighted by atomic mass is 10.4. The number of amidine groups is 1. The molecule has 0 bridgehead atoms. The number of thioether (sulfide) groups is 1. The quantitative estimate of drug-likeness (QED) is 0.246. The SMILES string of the molecule is CCN(CC)CCCN=C(NC#N)SC. The summed E-state index contributed by atoms with van der Waals surface area (Å²) in [6.45, 7) is 8.36. The second-order valence-electron chi connectivity index (χ2n) is 3.01. The van der Waals surface area contributed by atoms with Crippen LogP contribution in [0.3, 0.4) is 0 Å². The summed E-state index contributed by atoms with van der Waals surface area (Å²) in [6, 6.07) is 0. The van der Waals surface area contributed by atoms with Crippen molar-refractivity contribution in [3.05, 3.63) is 0 Å². The molecule has 15 heavy (non-hydrogen) atoms. The van der Waals surface area contributed by atoms with Crippen LogP contribution in [0.2, 0.25) is 0 Å². The minimum atomic E-state index is 0.706. The topological polar surface area (TPSA) is 51.4 Å². The van der Waals surface area contributed by atoms with Gasteiger partial charge in [-0.25, -0.2) is 0 Å². The molecule has 0 atom stereocenters. The number of aliphatic imine (C=N–C) groups is 1. The van der Waals surface area contributed by atoms with Crippen molar-refractivity contribution in [2.75, 3.05) is 32.4 Å². The predicted molar refractivity (Wildman–Crippen MR) is 67.0 cm³/mol. The van der Waals surface area contributed by atoms with Crippen molar-refractivity contribution in [1.29, 1.82) is 5.26 Å². The zero-order valence-corrected chi connectivity index (χ0v) is 10.6. The molecule has 1 N–H and O–H groups in total. The molecule has 0 aliphatic heterocycles. The molecule has 0 aliphatic carbocycles. The van der Waals surface area contributed by atoms with Crippen LogP contribution in [0.4, 0.5) is 0 Å². The molecule has 0 aliphatic rings. The van der Waals surface area contributed by atoms with E-state index >= 15 is 0 Å². The number of nitrogens with one attached hydrogen (secondary N) is 1. The van der Waals surface area contributed by atoms with Gasteiger partial charge in [0.15, 0.2) is 11.4 Å². The van der Waals surface area contributed by atoms with Gasteiger partial charge in [-0.3, -0.25) is 10.3 Å². The lowest BCUT2D eigenvalue weighted by Crippen LogP contribution is -2.24. The second kappa shape index (κ2) is 9.81. The first kappa shape index (κ1) is 14.3. The zero-order chi connectivity index (χ0) is 11.5. The smallest absolute Gasteiger partial charge is 0.183 e. The first-order chi connectivity index (χ1) is 7.28. The summed E-state index contributed by atoms with van der Waals surface area (Å²) in [7, 11) is 0. The van der Waals surface area contributed by atoms with Gasteiger partial charge in [-0.05, 0) is 32.3 Å². The summed E-state index contributed by atoms with van der Waals surface area (Å²) in [5.74, 6) is 0. The molecule has 0 fully saturated rings. The van der Waals surface area contributed by atoms with Crippen molar-refractivity contribution >= 4 is 16.9 Å². The average molecular weight is 228 g/mol. The van der Waals surface area contributed by atoms with Gasteiger partial charge in [-0.15, -0.1) is 0 Å². The van der Waals surface area contributed by atoms with Gasteiger partial charge in [0.05, 0.1) is 0 Å². The van der Waals surface area contributed by atoms with Gasteiger partial charge < -0.3 is 4.90 Å². The second-order valence-corrected chi connectivity index (χ2v) is 3.80. The van der Waals surface area contributed by atoms with E-state index in [4.69, 9.17) is 5.26 Å². The maximum atomic E-state index is 8.43. The molecule has 0 saturated heterocycles. The highest BCUT2D eigenvalue weighted by molar-refractivity contribution is 8.13. The Labute approximate surface area is 96.7 Å². The summed E-state index contributed by atoms with van der Waals surface area (Å²) in [5, 5.41) is 11.7. The fourth-order valence-electron chi connectivity index (χ4n) is 1.22. The Morgan fingerprint density at radius 2 is 2.13 bits per heavy atom. The van der Waals surface area contributed by atoms with Crippen molar-refractivity contribution < 1.29 is 0 Å². The third-order valence-electron chi connectivity index (χ3n) is 2.14. The van der Waals surface area contributed by atoms with Crippen LogP contribution in [0.5, 0.6) is 0 Å². The van der Waals surface area contributed by atoms with Crippen molar-refractivity contribution in [3.63, 3.8) is 0 Å². The Morgan fingerprint density at radius 1 is 1.47 bits per heavy atom. The molecule has 0 saturated carbocycles. The monoisotopic (exact) mass is 228 g/mol. The van der Waals surface area contributed by atoms with Gasteiger partial charge in [0.2, 0.25) is 0 Å². The molecular formula is C10H20N4S. The Morgan fingerprint density at radius 3 is 2.60 bits per heavy atom. The van der Waals surface area contributed by atoms with Gasteiger partial charge in [-0.1, -0.05) is 25.6 Å². The number of hydrogen-bond acceptors (Lipinski definition) is 4. The van der Waals surface area contributed by atoms with E-state index in [1.54, 1.807) is 0 Å². The molecule has 0 rings (SSSR count). The van der Waals surface area contributed by atoms with Gasteiger partial charge in [0, 0.05) is 6.54 Å². The largest absolute Gasteiger partial charge is 0.304 e. The minimum Gasteiger partial charge on any atom is -0.304 e. The minimum absolute atomic E-state index is 0.706. The van der Waals surface area contributed by atoms with Crippen LogP contribution in [0.15, 0.2) is 4.99 Å². The average Bonchev–Trinajstić information content (AvgIpc) is 2.28. The van der Waals surface area contributed by atoms with Crippen molar-refractivity contribution in [2.45, 2.75) is 20.3 Å². The first-order valence-electron chi connectivity index (χ1n) is 5.24. The van der Waals surface area contributed by atoms with Crippen LogP contribution >= 0.6 is 11.8 Å². The molecule has 4 nitrogen and oxygen atoms in total. The molecular weight excluding hydrogens is 208 g/mol. The number of rotatable bonds is 6. The Kier molecular flexibility index (Phi) is 9.33. The number of nitrogens with zero attached hydrogens (tertiary/aromatic N) is 3. The van der Waals surface area contributed by atoms with Crippen LogP contribution in [-0.2, 0) is 0 Å². The van der Waals surface area contributed by atoms with E-state index in [2.05, 4.69) is 29.1 Å². The standard InChI is InChI=1S/C10H20N4S/c1-4-14(5-2)8-6-7-12-10(15-3)13-9-11/h4-8H2,1-3H3,(H,12,13). The van der Waals surface area contributed by atoms with Crippen molar-refractivity contribution in [3.8, 4) is 6.19 Å². The zero-order valence-electron chi connectivity index (χ0n) is 9.79. The van der Waals surface area contributed by atoms with Crippen LogP contribution in [-0.4, -0.2) is 42.5 Å². The van der Waals surface area contributed by atoms with E-state index in [0.29, 0.717) is 5.17 Å². The summed E-state index contributed by atoms with van der Waals surface area (Å²) >= 11 is 1.47. The van der Waals surface area contributed by atoms with Crippen LogP contribution < -0.4 is 5.32 Å². The number of hydrogen-bond donors (Lipinski definition) is 1. The molecule has 0 radical (unpaired) electrons. The van der Waals surface area contributed by atoms with Crippen LogP contribution in [0, 0.1) is 11.5 Å².